The summed E-state index contributed by atoms with van der Waals surface area (Å²) in [5.41, 5.74) is 5.41. The van der Waals surface area contributed by atoms with Gasteiger partial charge in [-0.3, -0.25) is 9.89 Å². The lowest BCUT2D eigenvalue weighted by Gasteiger charge is -2.36. The van der Waals surface area contributed by atoms with E-state index in [1.807, 2.05) is 6.20 Å². The molecular weight excluding hydrogens is 437 g/mol. The Labute approximate surface area is 197 Å². The number of carbonyl (C=O) groups excluding carboxylic acids is 1. The molecule has 1 fully saturated rings. The SMILES string of the molecule is C=C(F)C(=O)N1CCN(c2nc(OC)nc3c2CCCN(c2c(C)ccc4[nH]ncc24)C3)CC1. The lowest BCUT2D eigenvalue weighted by Crippen LogP contribution is -2.49. The van der Waals surface area contributed by atoms with Crippen LogP contribution in [-0.4, -0.2) is 70.8 Å². The number of fused-ring (bicyclic) bond motifs is 2. The van der Waals surface area contributed by atoms with Gasteiger partial charge in [-0.2, -0.15) is 15.1 Å². The molecule has 0 aliphatic carbocycles. The number of halogens is 1. The third-order valence-corrected chi connectivity index (χ3v) is 6.64. The second-order valence-corrected chi connectivity index (χ2v) is 8.73. The maximum Gasteiger partial charge on any atom is 0.318 e. The van der Waals surface area contributed by atoms with Crippen molar-refractivity contribution in [2.24, 2.45) is 0 Å². The van der Waals surface area contributed by atoms with E-state index in [0.717, 1.165) is 53.1 Å². The number of rotatable bonds is 4. The number of aromatic amines is 1. The van der Waals surface area contributed by atoms with Gasteiger partial charge in [-0.05, 0) is 31.4 Å². The summed E-state index contributed by atoms with van der Waals surface area (Å²) in [6.07, 6.45) is 3.66. The molecule has 4 heterocycles. The standard InChI is InChI=1S/C24H28FN7O2/c1-15-6-7-19-18(13-26-29-19)21(15)32-8-4-5-17-20(14-32)27-24(34-3)28-22(17)30-9-11-31(12-10-30)23(33)16(2)25/h6-7,13H,2,4-5,8-12,14H2,1,3H3,(H,26,29). The molecule has 0 bridgehead atoms. The van der Waals surface area contributed by atoms with E-state index in [4.69, 9.17) is 14.7 Å². The topological polar surface area (TPSA) is 90.5 Å². The fraction of sp³-hybridized carbons (Fsp3) is 0.417. The molecule has 0 spiro atoms. The van der Waals surface area contributed by atoms with Gasteiger partial charge in [0.05, 0.1) is 36.7 Å². The first kappa shape index (κ1) is 22.1. The lowest BCUT2D eigenvalue weighted by molar-refractivity contribution is -0.128. The lowest BCUT2D eigenvalue weighted by atomic mass is 10.1. The normalized spacial score (nSPS) is 16.4. The highest BCUT2D eigenvalue weighted by Crippen LogP contribution is 2.35. The number of methoxy groups -OCH3 is 1. The molecule has 2 aromatic heterocycles. The van der Waals surface area contributed by atoms with Crippen LogP contribution in [0.15, 0.2) is 30.7 Å². The number of benzene rings is 1. The third-order valence-electron chi connectivity index (χ3n) is 6.64. The van der Waals surface area contributed by atoms with E-state index in [1.165, 1.54) is 10.5 Å². The molecule has 0 saturated carbocycles. The van der Waals surface area contributed by atoms with Gasteiger partial charge in [0, 0.05) is 43.7 Å². The Hall–Kier alpha value is -3.69. The van der Waals surface area contributed by atoms with Crippen molar-refractivity contribution < 1.29 is 13.9 Å². The van der Waals surface area contributed by atoms with Gasteiger partial charge < -0.3 is 19.4 Å². The van der Waals surface area contributed by atoms with Gasteiger partial charge in [0.1, 0.15) is 5.82 Å². The monoisotopic (exact) mass is 465 g/mol. The van der Waals surface area contributed by atoms with Gasteiger partial charge in [-0.1, -0.05) is 12.6 Å². The zero-order chi connectivity index (χ0) is 23.8. The first-order valence-electron chi connectivity index (χ1n) is 11.5. The Morgan fingerprint density at radius 1 is 1.15 bits per heavy atom. The molecule has 1 amide bonds. The summed E-state index contributed by atoms with van der Waals surface area (Å²) >= 11 is 0. The minimum Gasteiger partial charge on any atom is -0.467 e. The van der Waals surface area contributed by atoms with Crippen LogP contribution >= 0.6 is 0 Å². The summed E-state index contributed by atoms with van der Waals surface area (Å²) in [5, 5.41) is 8.40. The third kappa shape index (κ3) is 3.93. The van der Waals surface area contributed by atoms with Gasteiger partial charge in [0.2, 0.25) is 0 Å². The predicted molar refractivity (Wildman–Crippen MR) is 128 cm³/mol. The summed E-state index contributed by atoms with van der Waals surface area (Å²) in [5.74, 6) is -0.722. The van der Waals surface area contributed by atoms with Crippen molar-refractivity contribution in [3.8, 4) is 6.01 Å². The second kappa shape index (κ2) is 8.92. The van der Waals surface area contributed by atoms with Gasteiger partial charge in [-0.15, -0.1) is 0 Å². The van der Waals surface area contributed by atoms with E-state index in [0.29, 0.717) is 38.7 Å². The molecule has 5 rings (SSSR count). The summed E-state index contributed by atoms with van der Waals surface area (Å²) in [6.45, 7) is 8.70. The predicted octanol–water partition coefficient (Wildman–Crippen LogP) is 2.75. The molecule has 34 heavy (non-hydrogen) atoms. The minimum absolute atomic E-state index is 0.324. The van der Waals surface area contributed by atoms with E-state index in [2.05, 4.69) is 45.6 Å². The van der Waals surface area contributed by atoms with Gasteiger partial charge in [-0.25, -0.2) is 4.39 Å². The molecule has 2 aliphatic rings. The number of H-pyrrole nitrogens is 1. The molecule has 9 nitrogen and oxygen atoms in total. The van der Waals surface area contributed by atoms with E-state index >= 15 is 0 Å². The number of hydrogen-bond donors (Lipinski definition) is 1. The second-order valence-electron chi connectivity index (χ2n) is 8.73. The molecular formula is C24H28FN7O2. The fourth-order valence-corrected chi connectivity index (χ4v) is 4.96. The van der Waals surface area contributed by atoms with Crippen LogP contribution in [0.25, 0.3) is 10.9 Å². The number of anilines is 2. The maximum absolute atomic E-state index is 13.3. The highest BCUT2D eigenvalue weighted by atomic mass is 19.1. The number of amides is 1. The molecule has 10 heteroatoms. The summed E-state index contributed by atoms with van der Waals surface area (Å²) in [4.78, 5) is 27.4. The Bertz CT molecular complexity index is 1250. The number of piperazine rings is 1. The van der Waals surface area contributed by atoms with Crippen molar-refractivity contribution in [1.82, 2.24) is 25.1 Å². The number of ether oxygens (including phenoxy) is 1. The average Bonchev–Trinajstić information content (AvgIpc) is 3.22. The molecule has 0 atom stereocenters. The van der Waals surface area contributed by atoms with Crippen LogP contribution in [0.1, 0.15) is 23.2 Å². The Morgan fingerprint density at radius 2 is 1.94 bits per heavy atom. The van der Waals surface area contributed by atoms with Crippen molar-refractivity contribution in [1.29, 1.82) is 0 Å². The largest absolute Gasteiger partial charge is 0.467 e. The Morgan fingerprint density at radius 3 is 2.68 bits per heavy atom. The molecule has 178 valence electrons. The molecule has 1 saturated heterocycles. The number of aryl methyl sites for hydroxylation is 1. The number of carbonyl (C=O) groups is 1. The highest BCUT2D eigenvalue weighted by Gasteiger charge is 2.29. The van der Waals surface area contributed by atoms with Crippen molar-refractivity contribution in [3.05, 3.63) is 47.6 Å². The zero-order valence-corrected chi connectivity index (χ0v) is 19.5. The fourth-order valence-electron chi connectivity index (χ4n) is 4.96. The molecule has 0 unspecified atom stereocenters. The van der Waals surface area contributed by atoms with Gasteiger partial charge in [0.25, 0.3) is 5.91 Å². The average molecular weight is 466 g/mol. The zero-order valence-electron chi connectivity index (χ0n) is 19.5. The van der Waals surface area contributed by atoms with Crippen molar-refractivity contribution in [2.75, 3.05) is 49.6 Å². The molecule has 1 aromatic carbocycles. The Kier molecular flexibility index (Phi) is 5.80. The van der Waals surface area contributed by atoms with E-state index in [-0.39, 0.29) is 0 Å². The van der Waals surface area contributed by atoms with E-state index in [1.54, 1.807) is 7.11 Å². The summed E-state index contributed by atoms with van der Waals surface area (Å²) in [6, 6.07) is 4.49. The molecule has 1 N–H and O–H groups in total. The van der Waals surface area contributed by atoms with Crippen LogP contribution in [0.4, 0.5) is 15.9 Å². The smallest absolute Gasteiger partial charge is 0.318 e. The van der Waals surface area contributed by atoms with Crippen LogP contribution in [-0.2, 0) is 17.8 Å². The van der Waals surface area contributed by atoms with Crippen molar-refractivity contribution in [2.45, 2.75) is 26.3 Å². The van der Waals surface area contributed by atoms with Crippen molar-refractivity contribution in [3.63, 3.8) is 0 Å². The quantitative estimate of drug-likeness (QED) is 0.593. The first-order chi connectivity index (χ1) is 16.5. The van der Waals surface area contributed by atoms with Gasteiger partial charge in [0.15, 0.2) is 5.83 Å². The highest BCUT2D eigenvalue weighted by molar-refractivity contribution is 5.93. The van der Waals surface area contributed by atoms with Crippen LogP contribution in [0.3, 0.4) is 0 Å². The van der Waals surface area contributed by atoms with Crippen LogP contribution in [0.5, 0.6) is 6.01 Å². The molecule has 2 aliphatic heterocycles. The number of nitrogens with zero attached hydrogens (tertiary/aromatic N) is 6. The molecule has 3 aromatic rings. The number of hydrogen-bond acceptors (Lipinski definition) is 7. The summed E-state index contributed by atoms with van der Waals surface area (Å²) in [7, 11) is 1.57. The van der Waals surface area contributed by atoms with Crippen LogP contribution in [0, 0.1) is 6.92 Å². The molecule has 0 radical (unpaired) electrons. The Balaban J connectivity index is 1.47. The maximum atomic E-state index is 13.3. The van der Waals surface area contributed by atoms with Crippen molar-refractivity contribution >= 4 is 28.3 Å². The van der Waals surface area contributed by atoms with E-state index in [9.17, 15) is 9.18 Å². The minimum atomic E-state index is -0.922. The summed E-state index contributed by atoms with van der Waals surface area (Å²) < 4.78 is 18.8. The van der Waals surface area contributed by atoms with Crippen LogP contribution < -0.4 is 14.5 Å². The number of aromatic nitrogens is 4. The van der Waals surface area contributed by atoms with Crippen LogP contribution in [0.2, 0.25) is 0 Å². The van der Waals surface area contributed by atoms with E-state index < -0.39 is 11.7 Å². The number of nitrogens with one attached hydrogen (secondary N) is 1. The van der Waals surface area contributed by atoms with Gasteiger partial charge >= 0.3 is 6.01 Å². The first-order valence-corrected chi connectivity index (χ1v) is 11.5.